The molecule has 13 rings (SSSR count). The fourth-order valence-electron chi connectivity index (χ4n) is 9.72. The van der Waals surface area contributed by atoms with E-state index in [1.54, 1.807) is 0 Å². The summed E-state index contributed by atoms with van der Waals surface area (Å²) in [5.41, 5.74) is 19.5. The fraction of sp³-hybridized carbons (Fsp3) is 0.345. The number of H-pyrrole nitrogens is 2. The number of aromatic amines is 2. The van der Waals surface area contributed by atoms with E-state index in [2.05, 4.69) is 198 Å². The van der Waals surface area contributed by atoms with E-state index < -0.39 is 18.3 Å². The Morgan fingerprint density at radius 2 is 1.03 bits per heavy atom. The van der Waals surface area contributed by atoms with E-state index in [0.717, 1.165) is 84.1 Å². The van der Waals surface area contributed by atoms with Crippen LogP contribution in [0.4, 0.5) is 0 Å². The summed E-state index contributed by atoms with van der Waals surface area (Å²) in [6.45, 7) is 31.5. The molecule has 67 heavy (non-hydrogen) atoms. The van der Waals surface area contributed by atoms with Crippen LogP contribution in [0.5, 0.6) is 11.5 Å². The average molecular weight is 891 g/mol. The van der Waals surface area contributed by atoms with Gasteiger partial charge in [0.1, 0.15) is 24.7 Å². The number of nitrogens with one attached hydrogen (secondary N) is 2. The summed E-state index contributed by atoms with van der Waals surface area (Å²) in [7, 11) is -0.668. The zero-order valence-corrected chi connectivity index (χ0v) is 41.7. The van der Waals surface area contributed by atoms with Gasteiger partial charge in [0.25, 0.3) is 0 Å². The van der Waals surface area contributed by atoms with Crippen LogP contribution in [0.1, 0.15) is 137 Å². The third-order valence-corrected chi connectivity index (χ3v) is 15.0. The smallest absolute Gasteiger partial charge is 0.488 e. The second-order valence-corrected chi connectivity index (χ2v) is 22.0. The minimum absolute atomic E-state index is 0.123. The van der Waals surface area contributed by atoms with Crippen molar-refractivity contribution >= 4 is 52.9 Å². The maximum Gasteiger partial charge on any atom is 0.497 e. The first-order chi connectivity index (χ1) is 31.6. The summed E-state index contributed by atoms with van der Waals surface area (Å²) < 4.78 is 27.8. The van der Waals surface area contributed by atoms with E-state index in [1.807, 2.05) is 0 Å². The molecule has 1 saturated heterocycles. The first-order valence-corrected chi connectivity index (χ1v) is 23.7. The highest BCUT2D eigenvalue weighted by atomic mass is 16.7. The highest BCUT2D eigenvalue weighted by Crippen LogP contribution is 2.46. The molecular formula is C58H63BN4O4. The van der Waals surface area contributed by atoms with Crippen LogP contribution in [0.3, 0.4) is 0 Å². The van der Waals surface area contributed by atoms with Gasteiger partial charge in [0.2, 0.25) is 0 Å². The van der Waals surface area contributed by atoms with Crippen LogP contribution in [0.2, 0.25) is 0 Å². The van der Waals surface area contributed by atoms with Gasteiger partial charge >= 0.3 is 7.12 Å². The minimum Gasteiger partial charge on any atom is -0.488 e. The molecule has 6 aromatic rings. The molecule has 0 spiro atoms. The second kappa shape index (κ2) is 15.7. The van der Waals surface area contributed by atoms with Gasteiger partial charge in [0.15, 0.2) is 0 Å². The molecule has 7 aliphatic rings. The number of benzene rings is 3. The summed E-state index contributed by atoms with van der Waals surface area (Å²) >= 11 is 0. The van der Waals surface area contributed by atoms with Crippen molar-refractivity contribution in [2.45, 2.75) is 132 Å². The zero-order valence-electron chi connectivity index (χ0n) is 41.7. The van der Waals surface area contributed by atoms with Gasteiger partial charge in [-0.2, -0.15) is 0 Å². The van der Waals surface area contributed by atoms with Crippen LogP contribution in [-0.4, -0.2) is 38.3 Å². The second-order valence-electron chi connectivity index (χ2n) is 22.0. The molecule has 7 aliphatic heterocycles. The number of rotatable bonds is 1. The molecule has 0 radical (unpaired) electrons. The number of hydrogen-bond acceptors (Lipinski definition) is 6. The van der Waals surface area contributed by atoms with E-state index in [9.17, 15) is 0 Å². The summed E-state index contributed by atoms with van der Waals surface area (Å²) in [4.78, 5) is 18.6. The monoisotopic (exact) mass is 890 g/mol. The Morgan fingerprint density at radius 3 is 1.52 bits per heavy atom. The number of ether oxygens (including phenoxy) is 2. The molecule has 0 aliphatic carbocycles. The highest BCUT2D eigenvalue weighted by molar-refractivity contribution is 6.70. The molecule has 12 bridgehead atoms. The third-order valence-electron chi connectivity index (χ3n) is 15.0. The first kappa shape index (κ1) is 44.7. The van der Waals surface area contributed by atoms with Crippen molar-refractivity contribution in [2.75, 3.05) is 0 Å². The van der Waals surface area contributed by atoms with E-state index in [0.29, 0.717) is 13.2 Å². The molecule has 1 fully saturated rings. The molecule has 10 heterocycles. The molecule has 0 saturated carbocycles. The lowest BCUT2D eigenvalue weighted by atomic mass is 9.76. The van der Waals surface area contributed by atoms with Crippen molar-refractivity contribution < 1.29 is 18.8 Å². The molecule has 3 aromatic heterocycles. The Kier molecular flexibility index (Phi) is 10.5. The summed E-state index contributed by atoms with van der Waals surface area (Å²) in [5.74, 6) is 1.55. The van der Waals surface area contributed by atoms with Gasteiger partial charge in [-0.1, -0.05) is 53.7 Å². The Balaban J connectivity index is 1.37. The first-order valence-electron chi connectivity index (χ1n) is 23.7. The van der Waals surface area contributed by atoms with E-state index >= 15 is 0 Å². The Hall–Kier alpha value is -6.16. The van der Waals surface area contributed by atoms with E-state index in [4.69, 9.17) is 28.8 Å². The van der Waals surface area contributed by atoms with Crippen molar-refractivity contribution in [1.29, 1.82) is 0 Å². The molecule has 9 heteroatoms. The molecule has 342 valence electrons. The molecule has 3 aromatic carbocycles. The number of aromatic nitrogens is 4. The maximum atomic E-state index is 7.11. The third kappa shape index (κ3) is 7.84. The molecule has 0 amide bonds. The quantitative estimate of drug-likeness (QED) is 0.159. The van der Waals surface area contributed by atoms with Gasteiger partial charge in [-0.05, 0) is 190 Å². The molecule has 8 nitrogen and oxygen atoms in total. The lowest BCUT2D eigenvalue weighted by Gasteiger charge is -2.32. The topological polar surface area (TPSA) is 94.3 Å². The van der Waals surface area contributed by atoms with Crippen molar-refractivity contribution in [3.8, 4) is 33.8 Å². The van der Waals surface area contributed by atoms with Crippen molar-refractivity contribution in [3.63, 3.8) is 0 Å². The minimum atomic E-state index is -0.668. The van der Waals surface area contributed by atoms with Crippen molar-refractivity contribution in [1.82, 2.24) is 19.9 Å². The number of hydrogen-bond donors (Lipinski definition) is 2. The predicted molar refractivity (Wildman–Crippen MR) is 276 cm³/mol. The fourth-order valence-corrected chi connectivity index (χ4v) is 9.72. The Bertz CT molecular complexity index is 3230. The molecule has 0 atom stereocenters. The van der Waals surface area contributed by atoms with Crippen molar-refractivity contribution in [3.05, 3.63) is 140 Å². The van der Waals surface area contributed by atoms with Crippen LogP contribution in [0.15, 0.2) is 72.8 Å². The normalized spacial score (nSPS) is 16.4. The van der Waals surface area contributed by atoms with Crippen LogP contribution in [-0.2, 0) is 33.4 Å². The van der Waals surface area contributed by atoms with Gasteiger partial charge in [0, 0.05) is 49.8 Å². The Morgan fingerprint density at radius 1 is 0.552 bits per heavy atom. The molecule has 0 unspecified atom stereocenters. The van der Waals surface area contributed by atoms with Gasteiger partial charge in [0.05, 0.1) is 34.0 Å². The predicted octanol–water partition coefficient (Wildman–Crippen LogP) is 14.3. The Labute approximate surface area is 396 Å². The highest BCUT2D eigenvalue weighted by Gasteiger charge is 2.53. The van der Waals surface area contributed by atoms with E-state index in [-0.39, 0.29) is 10.8 Å². The van der Waals surface area contributed by atoms with Crippen LogP contribution in [0, 0.1) is 27.7 Å². The van der Waals surface area contributed by atoms with Gasteiger partial charge in [-0.15, -0.1) is 0 Å². The van der Waals surface area contributed by atoms with Gasteiger partial charge in [-0.25, -0.2) is 9.97 Å². The largest absolute Gasteiger partial charge is 0.497 e. The van der Waals surface area contributed by atoms with Crippen molar-refractivity contribution in [2.24, 2.45) is 0 Å². The number of nitrogens with zero attached hydrogens (tertiary/aromatic N) is 2. The van der Waals surface area contributed by atoms with Gasteiger partial charge < -0.3 is 28.8 Å². The summed E-state index contributed by atoms with van der Waals surface area (Å²) in [5, 5.41) is 0. The SMILES string of the molecule is Cc1c(C)c2c(C)c(C)c1COc1ccc(C(C)(C)C)cc1-c1c3nc(cc4ccc([nH]4)c(c4nc(cc5ccc1[nH]5)C(B1OC(C)(C)C(C)(C)O1)=C4)-c1cc(C(C)(C)C)ccc1OC2)C=C3. The molecular weight excluding hydrogens is 827 g/mol. The lowest BCUT2D eigenvalue weighted by Crippen LogP contribution is -2.41. The maximum absolute atomic E-state index is 7.11. The standard InChI is InChI=1S/C58H63BN4O4/c1-32-34(3)44-31-65-52-24-16-37(56(8,9)10)26-42(52)54-48-21-18-39(61-48)27-38-17-20-46(60-38)53(41-25-36(55(5,6)7)15-23-51(41)64-30-43(32)33(2)35(44)4)47-22-19-40(62-47)28-49-45(29-50(54)63-49)59-66-57(11,12)58(13,14)67-59/h15-29,61-62H,30-31H2,1-14H3. The molecule has 2 N–H and O–H groups in total. The van der Waals surface area contributed by atoms with Crippen LogP contribution < -0.4 is 9.47 Å². The average Bonchev–Trinajstić information content (AvgIpc) is 4.11. The van der Waals surface area contributed by atoms with Gasteiger partial charge in [-0.3, -0.25) is 0 Å². The lowest BCUT2D eigenvalue weighted by molar-refractivity contribution is 0.00578. The van der Waals surface area contributed by atoms with E-state index in [1.165, 1.54) is 44.5 Å². The summed E-state index contributed by atoms with van der Waals surface area (Å²) in [6.07, 6.45) is 6.36. The van der Waals surface area contributed by atoms with Crippen LogP contribution in [0.25, 0.3) is 68.0 Å². The summed E-state index contributed by atoms with van der Waals surface area (Å²) in [6, 6.07) is 26.0. The zero-order chi connectivity index (χ0) is 47.5. The van der Waals surface area contributed by atoms with Crippen LogP contribution >= 0.6 is 0 Å².